The van der Waals surface area contributed by atoms with Crippen LogP contribution in [0, 0.1) is 5.92 Å². The van der Waals surface area contributed by atoms with Crippen LogP contribution < -0.4 is 0 Å². The third-order valence-corrected chi connectivity index (χ3v) is 2.50. The molecule has 0 bridgehead atoms. The summed E-state index contributed by atoms with van der Waals surface area (Å²) in [6.07, 6.45) is 2.03. The van der Waals surface area contributed by atoms with Crippen LogP contribution in [0.4, 0.5) is 0 Å². The molecule has 90 valence electrons. The van der Waals surface area contributed by atoms with Crippen molar-refractivity contribution in [3.05, 3.63) is 0 Å². The molecule has 3 unspecified atom stereocenters. The summed E-state index contributed by atoms with van der Waals surface area (Å²) in [4.78, 5) is 11.5. The fourth-order valence-electron chi connectivity index (χ4n) is 0.892. The van der Waals surface area contributed by atoms with E-state index in [1.165, 1.54) is 0 Å². The molecule has 0 aliphatic heterocycles. The number of carbonyl (C=O) groups excluding carboxylic acids is 1. The molecular weight excluding hydrogens is 192 g/mol. The van der Waals surface area contributed by atoms with Crippen LogP contribution in [0.5, 0.6) is 0 Å². The van der Waals surface area contributed by atoms with Gasteiger partial charge in [-0.2, -0.15) is 0 Å². The molecule has 0 aliphatic rings. The lowest BCUT2D eigenvalue weighted by Gasteiger charge is -2.17. The molecular formula is C12H24O3. The van der Waals surface area contributed by atoms with Gasteiger partial charge < -0.3 is 9.47 Å². The second kappa shape index (κ2) is 7.69. The summed E-state index contributed by atoms with van der Waals surface area (Å²) in [5, 5.41) is 0. The first-order valence-electron chi connectivity index (χ1n) is 5.83. The van der Waals surface area contributed by atoms with E-state index < -0.39 is 0 Å². The van der Waals surface area contributed by atoms with Crippen LogP contribution in [-0.4, -0.2) is 24.8 Å². The Morgan fingerprint density at radius 3 is 2.07 bits per heavy atom. The Bertz CT molecular complexity index is 180. The van der Waals surface area contributed by atoms with Crippen molar-refractivity contribution in [1.82, 2.24) is 0 Å². The number of esters is 1. The average Bonchev–Trinajstić information content (AvgIpc) is 2.24. The highest BCUT2D eigenvalue weighted by Gasteiger charge is 2.17. The molecule has 0 aliphatic carbocycles. The molecule has 3 atom stereocenters. The largest absolute Gasteiger partial charge is 0.462 e. The maximum Gasteiger partial charge on any atom is 0.311 e. The second-order valence-electron chi connectivity index (χ2n) is 4.11. The second-order valence-corrected chi connectivity index (χ2v) is 4.11. The van der Waals surface area contributed by atoms with Gasteiger partial charge in [-0.15, -0.1) is 0 Å². The van der Waals surface area contributed by atoms with Gasteiger partial charge in [0.2, 0.25) is 0 Å². The lowest BCUT2D eigenvalue weighted by molar-refractivity contribution is -0.155. The van der Waals surface area contributed by atoms with E-state index >= 15 is 0 Å². The summed E-state index contributed by atoms with van der Waals surface area (Å²) >= 11 is 0. The molecule has 0 fully saturated rings. The van der Waals surface area contributed by atoms with Gasteiger partial charge in [0.15, 0.2) is 0 Å². The van der Waals surface area contributed by atoms with Gasteiger partial charge in [-0.1, -0.05) is 13.8 Å². The normalized spacial score (nSPS) is 16.9. The van der Waals surface area contributed by atoms with E-state index in [0.29, 0.717) is 6.61 Å². The molecule has 15 heavy (non-hydrogen) atoms. The molecule has 0 amide bonds. The molecule has 0 heterocycles. The highest BCUT2D eigenvalue weighted by atomic mass is 16.5. The van der Waals surface area contributed by atoms with Crippen molar-refractivity contribution >= 4 is 5.97 Å². The minimum absolute atomic E-state index is 0.00329. The van der Waals surface area contributed by atoms with Gasteiger partial charge in [0.05, 0.1) is 24.7 Å². The van der Waals surface area contributed by atoms with E-state index in [2.05, 4.69) is 6.92 Å². The number of ether oxygens (including phenoxy) is 2. The van der Waals surface area contributed by atoms with Crippen LogP contribution in [0.15, 0.2) is 0 Å². The molecule has 3 heteroatoms. The molecule has 0 aromatic heterocycles. The van der Waals surface area contributed by atoms with E-state index in [1.54, 1.807) is 0 Å². The molecule has 0 radical (unpaired) electrons. The summed E-state index contributed by atoms with van der Waals surface area (Å²) in [6, 6.07) is 0. The van der Waals surface area contributed by atoms with Crippen molar-refractivity contribution < 1.29 is 14.3 Å². The lowest BCUT2D eigenvalue weighted by Crippen LogP contribution is -2.25. The van der Waals surface area contributed by atoms with Crippen LogP contribution in [0.2, 0.25) is 0 Å². The smallest absolute Gasteiger partial charge is 0.311 e. The van der Waals surface area contributed by atoms with E-state index in [0.717, 1.165) is 12.8 Å². The zero-order valence-corrected chi connectivity index (χ0v) is 10.6. The number of carbonyl (C=O) groups is 1. The summed E-state index contributed by atoms with van der Waals surface area (Å²) in [7, 11) is 0. The maximum absolute atomic E-state index is 11.5. The Morgan fingerprint density at radius 1 is 1.07 bits per heavy atom. The first kappa shape index (κ1) is 14.4. The van der Waals surface area contributed by atoms with Gasteiger partial charge in [0, 0.05) is 0 Å². The molecule has 0 N–H and O–H groups in total. The van der Waals surface area contributed by atoms with E-state index in [9.17, 15) is 4.79 Å². The SMILES string of the molecule is CCC(C)OCC(C)C(=O)OC(C)CC. The molecule has 3 nitrogen and oxygen atoms in total. The van der Waals surface area contributed by atoms with Crippen LogP contribution in [0.25, 0.3) is 0 Å². The van der Waals surface area contributed by atoms with Crippen LogP contribution in [0.3, 0.4) is 0 Å². The maximum atomic E-state index is 11.5. The zero-order chi connectivity index (χ0) is 11.8. The first-order chi connectivity index (χ1) is 7.01. The van der Waals surface area contributed by atoms with Crippen molar-refractivity contribution in [3.63, 3.8) is 0 Å². The van der Waals surface area contributed by atoms with Gasteiger partial charge in [-0.3, -0.25) is 4.79 Å². The van der Waals surface area contributed by atoms with Gasteiger partial charge in [0.1, 0.15) is 0 Å². The molecule has 0 spiro atoms. The minimum atomic E-state index is -0.173. The third-order valence-electron chi connectivity index (χ3n) is 2.50. The highest BCUT2D eigenvalue weighted by Crippen LogP contribution is 2.07. The predicted molar refractivity (Wildman–Crippen MR) is 60.7 cm³/mol. The Balaban J connectivity index is 3.78. The monoisotopic (exact) mass is 216 g/mol. The first-order valence-corrected chi connectivity index (χ1v) is 5.83. The molecule has 0 saturated carbocycles. The number of rotatable bonds is 7. The van der Waals surface area contributed by atoms with Gasteiger partial charge in [-0.05, 0) is 33.6 Å². The topological polar surface area (TPSA) is 35.5 Å². The quantitative estimate of drug-likeness (QED) is 0.614. The summed E-state index contributed by atoms with van der Waals surface area (Å²) in [6.45, 7) is 10.3. The minimum Gasteiger partial charge on any atom is -0.462 e. The lowest BCUT2D eigenvalue weighted by atomic mass is 10.2. The van der Waals surface area contributed by atoms with Crippen LogP contribution in [-0.2, 0) is 14.3 Å². The van der Waals surface area contributed by atoms with Gasteiger partial charge in [-0.25, -0.2) is 0 Å². The Morgan fingerprint density at radius 2 is 1.60 bits per heavy atom. The van der Waals surface area contributed by atoms with E-state index in [-0.39, 0.29) is 24.1 Å². The molecule has 0 aromatic carbocycles. The fourth-order valence-corrected chi connectivity index (χ4v) is 0.892. The number of hydrogen-bond acceptors (Lipinski definition) is 3. The Kier molecular flexibility index (Phi) is 7.39. The molecule has 0 aromatic rings. The third kappa shape index (κ3) is 6.50. The summed E-state index contributed by atoms with van der Waals surface area (Å²) in [5.41, 5.74) is 0. The average molecular weight is 216 g/mol. The van der Waals surface area contributed by atoms with Crippen molar-refractivity contribution in [1.29, 1.82) is 0 Å². The van der Waals surface area contributed by atoms with E-state index in [4.69, 9.17) is 9.47 Å². The summed E-state index contributed by atoms with van der Waals surface area (Å²) < 4.78 is 10.7. The Labute approximate surface area is 93.1 Å². The predicted octanol–water partition coefficient (Wildman–Crippen LogP) is 2.78. The van der Waals surface area contributed by atoms with Crippen LogP contribution >= 0.6 is 0 Å². The zero-order valence-electron chi connectivity index (χ0n) is 10.6. The van der Waals surface area contributed by atoms with Gasteiger partial charge in [0.25, 0.3) is 0 Å². The van der Waals surface area contributed by atoms with E-state index in [1.807, 2.05) is 27.7 Å². The van der Waals surface area contributed by atoms with Crippen molar-refractivity contribution in [2.45, 2.75) is 59.7 Å². The highest BCUT2D eigenvalue weighted by molar-refractivity contribution is 5.72. The van der Waals surface area contributed by atoms with Crippen molar-refractivity contribution in [2.75, 3.05) is 6.61 Å². The Hall–Kier alpha value is -0.570. The molecule has 0 saturated heterocycles. The van der Waals surface area contributed by atoms with Crippen molar-refractivity contribution in [2.24, 2.45) is 5.92 Å². The summed E-state index contributed by atoms with van der Waals surface area (Å²) in [5.74, 6) is -0.333. The molecule has 0 rings (SSSR count). The van der Waals surface area contributed by atoms with Crippen molar-refractivity contribution in [3.8, 4) is 0 Å². The standard InChI is InChI=1S/C12H24O3/c1-6-10(4)14-8-9(3)12(13)15-11(5)7-2/h9-11H,6-8H2,1-5H3. The number of hydrogen-bond donors (Lipinski definition) is 0. The van der Waals surface area contributed by atoms with Crippen LogP contribution in [0.1, 0.15) is 47.5 Å². The fraction of sp³-hybridized carbons (Fsp3) is 0.917. The van der Waals surface area contributed by atoms with Gasteiger partial charge >= 0.3 is 5.97 Å².